The minimum Gasteiger partial charge on any atom is -0.508 e. The van der Waals surface area contributed by atoms with Crippen molar-refractivity contribution >= 4 is 23.1 Å². The standard InChI is InChI=1S/C21H16N4O2/c26-17-12-10-15(11-13-17)14-22-24-21-23-19-9-5-4-8-18(19)20(27)25(21)16-6-2-1-3-7-16/h1-14,26H,(H,23,24). The van der Waals surface area contributed by atoms with Crippen LogP contribution in [0.1, 0.15) is 5.56 Å². The molecule has 1 aromatic heterocycles. The fraction of sp³-hybridized carbons (Fsp3) is 0. The van der Waals surface area contributed by atoms with Crippen LogP contribution in [0.3, 0.4) is 0 Å². The first kappa shape index (κ1) is 16.5. The quantitative estimate of drug-likeness (QED) is 0.433. The van der Waals surface area contributed by atoms with E-state index in [9.17, 15) is 9.90 Å². The predicted molar refractivity (Wildman–Crippen MR) is 107 cm³/mol. The van der Waals surface area contributed by atoms with Crippen LogP contribution in [-0.4, -0.2) is 20.9 Å². The number of anilines is 1. The third kappa shape index (κ3) is 3.41. The van der Waals surface area contributed by atoms with Gasteiger partial charge < -0.3 is 5.11 Å². The summed E-state index contributed by atoms with van der Waals surface area (Å²) in [6, 6.07) is 23.1. The topological polar surface area (TPSA) is 79.5 Å². The second kappa shape index (κ2) is 7.13. The molecule has 0 atom stereocenters. The number of hydrogen-bond acceptors (Lipinski definition) is 5. The van der Waals surface area contributed by atoms with E-state index in [4.69, 9.17) is 0 Å². The number of nitrogens with zero attached hydrogens (tertiary/aromatic N) is 3. The van der Waals surface area contributed by atoms with Crippen LogP contribution in [0.2, 0.25) is 0 Å². The van der Waals surface area contributed by atoms with Crippen molar-refractivity contribution in [2.75, 3.05) is 5.43 Å². The molecule has 0 bridgehead atoms. The number of aromatic nitrogens is 2. The number of hydrazone groups is 1. The van der Waals surface area contributed by atoms with Crippen molar-refractivity contribution < 1.29 is 5.11 Å². The molecule has 0 saturated carbocycles. The van der Waals surface area contributed by atoms with Gasteiger partial charge in [-0.3, -0.25) is 4.79 Å². The number of phenolic OH excluding ortho intramolecular Hbond substituents is 1. The molecule has 0 aliphatic carbocycles. The van der Waals surface area contributed by atoms with Crippen LogP contribution < -0.4 is 11.0 Å². The Balaban J connectivity index is 1.78. The maximum Gasteiger partial charge on any atom is 0.267 e. The number of benzene rings is 3. The van der Waals surface area contributed by atoms with Gasteiger partial charge in [0.15, 0.2) is 0 Å². The van der Waals surface area contributed by atoms with Crippen LogP contribution >= 0.6 is 0 Å². The van der Waals surface area contributed by atoms with Crippen LogP contribution in [0.5, 0.6) is 5.75 Å². The molecule has 3 aromatic carbocycles. The zero-order valence-corrected chi connectivity index (χ0v) is 14.3. The van der Waals surface area contributed by atoms with Gasteiger partial charge in [0.05, 0.1) is 22.8 Å². The summed E-state index contributed by atoms with van der Waals surface area (Å²) in [7, 11) is 0. The third-order valence-electron chi connectivity index (χ3n) is 4.06. The lowest BCUT2D eigenvalue weighted by Crippen LogP contribution is -2.22. The zero-order chi connectivity index (χ0) is 18.6. The summed E-state index contributed by atoms with van der Waals surface area (Å²) in [4.78, 5) is 17.6. The second-order valence-corrected chi connectivity index (χ2v) is 5.89. The minimum atomic E-state index is -0.172. The van der Waals surface area contributed by atoms with E-state index in [2.05, 4.69) is 15.5 Å². The molecule has 4 rings (SSSR count). The van der Waals surface area contributed by atoms with Crippen LogP contribution in [-0.2, 0) is 0 Å². The van der Waals surface area contributed by atoms with E-state index in [1.165, 1.54) is 4.57 Å². The van der Waals surface area contributed by atoms with E-state index in [1.807, 2.05) is 42.5 Å². The molecule has 0 unspecified atom stereocenters. The first-order chi connectivity index (χ1) is 13.2. The number of aromatic hydroxyl groups is 1. The Hall–Kier alpha value is -3.93. The molecule has 0 radical (unpaired) electrons. The molecule has 0 fully saturated rings. The van der Waals surface area contributed by atoms with Gasteiger partial charge >= 0.3 is 0 Å². The number of rotatable bonds is 4. The molecule has 0 aliphatic rings. The number of hydrogen-bond donors (Lipinski definition) is 2. The average Bonchev–Trinajstić information content (AvgIpc) is 2.70. The Bertz CT molecular complexity index is 1170. The van der Waals surface area contributed by atoms with Gasteiger partial charge in [-0.15, -0.1) is 0 Å². The maximum atomic E-state index is 13.0. The maximum absolute atomic E-state index is 13.0. The van der Waals surface area contributed by atoms with Gasteiger partial charge in [-0.05, 0) is 54.1 Å². The van der Waals surface area contributed by atoms with E-state index >= 15 is 0 Å². The van der Waals surface area contributed by atoms with Crippen molar-refractivity contribution in [3.05, 3.63) is 94.8 Å². The Kier molecular flexibility index (Phi) is 4.37. The normalized spacial score (nSPS) is 11.1. The molecule has 6 nitrogen and oxygen atoms in total. The van der Waals surface area contributed by atoms with Crippen molar-refractivity contribution in [1.29, 1.82) is 0 Å². The van der Waals surface area contributed by atoms with E-state index in [0.717, 1.165) is 5.56 Å². The first-order valence-corrected chi connectivity index (χ1v) is 8.38. The highest BCUT2D eigenvalue weighted by Crippen LogP contribution is 2.16. The predicted octanol–water partition coefficient (Wildman–Crippen LogP) is 3.54. The van der Waals surface area contributed by atoms with Crippen LogP contribution in [0.15, 0.2) is 88.8 Å². The van der Waals surface area contributed by atoms with Gasteiger partial charge in [0, 0.05) is 0 Å². The van der Waals surface area contributed by atoms with Gasteiger partial charge in [0.1, 0.15) is 5.75 Å². The van der Waals surface area contributed by atoms with Crippen molar-refractivity contribution in [2.45, 2.75) is 0 Å². The molecule has 0 saturated heterocycles. The molecule has 6 heteroatoms. The number of nitrogens with one attached hydrogen (secondary N) is 1. The summed E-state index contributed by atoms with van der Waals surface area (Å²) in [5.74, 6) is 0.508. The molecule has 2 N–H and O–H groups in total. The van der Waals surface area contributed by atoms with Crippen molar-refractivity contribution in [2.24, 2.45) is 5.10 Å². The summed E-state index contributed by atoms with van der Waals surface area (Å²) in [5.41, 5.74) is 4.79. The van der Waals surface area contributed by atoms with Gasteiger partial charge in [-0.1, -0.05) is 30.3 Å². The minimum absolute atomic E-state index is 0.172. The summed E-state index contributed by atoms with van der Waals surface area (Å²) in [6.45, 7) is 0. The van der Waals surface area contributed by atoms with E-state index < -0.39 is 0 Å². The Morgan fingerprint density at radius 1 is 0.926 bits per heavy atom. The summed E-state index contributed by atoms with van der Waals surface area (Å²) in [6.07, 6.45) is 1.59. The van der Waals surface area contributed by atoms with Gasteiger partial charge in [0.2, 0.25) is 5.95 Å². The molecule has 4 aromatic rings. The second-order valence-electron chi connectivity index (χ2n) is 5.89. The van der Waals surface area contributed by atoms with Gasteiger partial charge in [-0.2, -0.15) is 5.10 Å². The Morgan fingerprint density at radius 3 is 2.41 bits per heavy atom. The van der Waals surface area contributed by atoms with Crippen LogP contribution in [0.4, 0.5) is 5.95 Å². The molecule has 132 valence electrons. The molecule has 0 amide bonds. The summed E-state index contributed by atoms with van der Waals surface area (Å²) in [5, 5.41) is 14.1. The first-order valence-electron chi connectivity index (χ1n) is 8.38. The largest absolute Gasteiger partial charge is 0.508 e. The van der Waals surface area contributed by atoms with Crippen molar-refractivity contribution in [1.82, 2.24) is 9.55 Å². The van der Waals surface area contributed by atoms with Crippen molar-refractivity contribution in [3.63, 3.8) is 0 Å². The van der Waals surface area contributed by atoms with Gasteiger partial charge in [-0.25, -0.2) is 15.0 Å². The van der Waals surface area contributed by atoms with E-state index in [1.54, 1.807) is 42.6 Å². The SMILES string of the molecule is O=c1c2ccccc2nc(NN=Cc2ccc(O)cc2)n1-c1ccccc1. The lowest BCUT2D eigenvalue weighted by atomic mass is 10.2. The highest BCUT2D eigenvalue weighted by molar-refractivity contribution is 5.81. The van der Waals surface area contributed by atoms with Crippen LogP contribution in [0, 0.1) is 0 Å². The zero-order valence-electron chi connectivity index (χ0n) is 14.3. The van der Waals surface area contributed by atoms with E-state index in [-0.39, 0.29) is 11.3 Å². The monoisotopic (exact) mass is 356 g/mol. The fourth-order valence-electron chi connectivity index (χ4n) is 2.75. The lowest BCUT2D eigenvalue weighted by molar-refractivity contribution is 0.475. The Labute approximate surface area is 155 Å². The average molecular weight is 356 g/mol. The lowest BCUT2D eigenvalue weighted by Gasteiger charge is -2.12. The molecule has 0 aliphatic heterocycles. The smallest absolute Gasteiger partial charge is 0.267 e. The highest BCUT2D eigenvalue weighted by atomic mass is 16.3. The number of fused-ring (bicyclic) bond motifs is 1. The fourth-order valence-corrected chi connectivity index (χ4v) is 2.75. The van der Waals surface area contributed by atoms with Crippen LogP contribution in [0.25, 0.3) is 16.6 Å². The number of para-hydroxylation sites is 2. The number of phenols is 1. The highest BCUT2D eigenvalue weighted by Gasteiger charge is 2.11. The molecule has 27 heavy (non-hydrogen) atoms. The molecule has 1 heterocycles. The third-order valence-corrected chi connectivity index (χ3v) is 4.06. The van der Waals surface area contributed by atoms with Crippen molar-refractivity contribution in [3.8, 4) is 11.4 Å². The summed E-state index contributed by atoms with van der Waals surface area (Å²) < 4.78 is 1.50. The van der Waals surface area contributed by atoms with Gasteiger partial charge in [0.25, 0.3) is 5.56 Å². The molecule has 0 spiro atoms. The molecular formula is C21H16N4O2. The van der Waals surface area contributed by atoms with E-state index in [0.29, 0.717) is 22.5 Å². The summed E-state index contributed by atoms with van der Waals surface area (Å²) >= 11 is 0. The molecular weight excluding hydrogens is 340 g/mol. The Morgan fingerprint density at radius 2 is 1.63 bits per heavy atom.